The van der Waals surface area contributed by atoms with E-state index in [0.717, 1.165) is 12.7 Å². The van der Waals surface area contributed by atoms with Gasteiger partial charge in [-0.15, -0.1) is 0 Å². The number of ether oxygens (including phenoxy) is 1. The predicted octanol–water partition coefficient (Wildman–Crippen LogP) is 2.26. The van der Waals surface area contributed by atoms with Crippen molar-refractivity contribution < 1.29 is 17.9 Å². The number of nitrogen functional groups attached to an aromatic ring is 1. The second kappa shape index (κ2) is 6.26. The van der Waals surface area contributed by atoms with Crippen LogP contribution in [0.15, 0.2) is 23.1 Å². The second-order valence-corrected chi connectivity index (χ2v) is 7.42. The van der Waals surface area contributed by atoms with E-state index < -0.39 is 15.8 Å². The monoisotopic (exact) mass is 299 g/mol. The number of carbonyl (C=O) groups excluding carboxylic acids is 1. The average Bonchev–Trinajstić information content (AvgIpc) is 2.25. The van der Waals surface area contributed by atoms with Crippen LogP contribution in [0.5, 0.6) is 0 Å². The Morgan fingerprint density at radius 1 is 1.25 bits per heavy atom. The molecule has 1 atom stereocenters. The topological polar surface area (TPSA) is 86.5 Å². The highest BCUT2D eigenvalue weighted by Crippen LogP contribution is 2.19. The minimum atomic E-state index is -3.42. The van der Waals surface area contributed by atoms with E-state index in [9.17, 15) is 13.2 Å². The maximum absolute atomic E-state index is 12.0. The van der Waals surface area contributed by atoms with Gasteiger partial charge < -0.3 is 10.5 Å². The van der Waals surface area contributed by atoms with E-state index in [-0.39, 0.29) is 22.3 Å². The first kappa shape index (κ1) is 16.5. The third kappa shape index (κ3) is 4.85. The summed E-state index contributed by atoms with van der Waals surface area (Å²) in [5, 5.41) is 0. The van der Waals surface area contributed by atoms with E-state index in [4.69, 9.17) is 10.5 Å². The molecule has 0 heterocycles. The Kier molecular flexibility index (Phi) is 5.16. The molecule has 20 heavy (non-hydrogen) atoms. The lowest BCUT2D eigenvalue weighted by Crippen LogP contribution is -2.17. The lowest BCUT2D eigenvalue weighted by Gasteiger charge is -2.15. The van der Waals surface area contributed by atoms with E-state index in [1.165, 1.54) is 18.2 Å². The SMILES string of the molecule is CC(C)CC(C)OC(=O)c1cc(N)cc(S(C)(=O)=O)c1. The third-order valence-electron chi connectivity index (χ3n) is 2.70. The van der Waals surface area contributed by atoms with Gasteiger partial charge in [-0.2, -0.15) is 0 Å². The first-order chi connectivity index (χ1) is 9.09. The van der Waals surface area contributed by atoms with Crippen LogP contribution in [-0.2, 0) is 14.6 Å². The standard InChI is InChI=1S/C14H21NO4S/c1-9(2)5-10(3)19-14(16)11-6-12(15)8-13(7-11)20(4,17)18/h6-10H,5,15H2,1-4H3. The molecule has 1 unspecified atom stereocenters. The Bertz CT molecular complexity index is 593. The van der Waals surface area contributed by atoms with E-state index >= 15 is 0 Å². The molecule has 1 rings (SSSR count). The Labute approximate surface area is 120 Å². The Balaban J connectivity index is 2.97. The zero-order chi connectivity index (χ0) is 15.5. The maximum Gasteiger partial charge on any atom is 0.338 e. The molecule has 0 spiro atoms. The minimum Gasteiger partial charge on any atom is -0.459 e. The molecule has 6 heteroatoms. The molecule has 0 fully saturated rings. The molecule has 2 N–H and O–H groups in total. The Morgan fingerprint density at radius 3 is 2.35 bits per heavy atom. The van der Waals surface area contributed by atoms with Gasteiger partial charge in [-0.05, 0) is 37.5 Å². The molecular formula is C14H21NO4S. The van der Waals surface area contributed by atoms with Crippen molar-refractivity contribution in [3.63, 3.8) is 0 Å². The molecule has 112 valence electrons. The molecule has 0 aliphatic carbocycles. The Hall–Kier alpha value is -1.56. The van der Waals surface area contributed by atoms with Gasteiger partial charge in [0.05, 0.1) is 16.6 Å². The highest BCUT2D eigenvalue weighted by atomic mass is 32.2. The van der Waals surface area contributed by atoms with E-state index in [1.54, 1.807) is 0 Å². The molecule has 1 aromatic rings. The molecule has 0 radical (unpaired) electrons. The predicted molar refractivity (Wildman–Crippen MR) is 78.3 cm³/mol. The van der Waals surface area contributed by atoms with Crippen LogP contribution in [0.4, 0.5) is 5.69 Å². The summed E-state index contributed by atoms with van der Waals surface area (Å²) < 4.78 is 28.3. The fourth-order valence-corrected chi connectivity index (χ4v) is 2.61. The molecule has 0 bridgehead atoms. The first-order valence-electron chi connectivity index (χ1n) is 6.41. The van der Waals surface area contributed by atoms with Crippen LogP contribution in [0.3, 0.4) is 0 Å². The number of carbonyl (C=O) groups is 1. The number of nitrogens with two attached hydrogens (primary N) is 1. The van der Waals surface area contributed by atoms with E-state index in [2.05, 4.69) is 0 Å². The van der Waals surface area contributed by atoms with Crippen molar-refractivity contribution in [1.82, 2.24) is 0 Å². The van der Waals surface area contributed by atoms with Gasteiger partial charge in [0.15, 0.2) is 9.84 Å². The lowest BCUT2D eigenvalue weighted by atomic mass is 10.1. The lowest BCUT2D eigenvalue weighted by molar-refractivity contribution is 0.0299. The number of hydrogen-bond donors (Lipinski definition) is 1. The number of sulfone groups is 1. The summed E-state index contributed by atoms with van der Waals surface area (Å²) in [5.41, 5.74) is 6.01. The summed E-state index contributed by atoms with van der Waals surface area (Å²) in [5.74, 6) is -0.152. The van der Waals surface area contributed by atoms with Crippen LogP contribution < -0.4 is 5.73 Å². The molecule has 0 amide bonds. The van der Waals surface area contributed by atoms with E-state index in [0.29, 0.717) is 5.92 Å². The van der Waals surface area contributed by atoms with Gasteiger partial charge in [-0.1, -0.05) is 13.8 Å². The normalized spacial score (nSPS) is 13.2. The number of esters is 1. The first-order valence-corrected chi connectivity index (χ1v) is 8.30. The number of anilines is 1. The van der Waals surface area contributed by atoms with Crippen LogP contribution in [0.25, 0.3) is 0 Å². The summed E-state index contributed by atoms with van der Waals surface area (Å²) >= 11 is 0. The molecule has 0 aliphatic rings. The van der Waals surface area contributed by atoms with Gasteiger partial charge in [0.1, 0.15) is 0 Å². The summed E-state index contributed by atoms with van der Waals surface area (Å²) in [6.07, 6.45) is 1.58. The number of rotatable bonds is 5. The van der Waals surface area contributed by atoms with Gasteiger partial charge in [0.25, 0.3) is 0 Å². The molecule has 1 aromatic carbocycles. The zero-order valence-corrected chi connectivity index (χ0v) is 13.0. The minimum absolute atomic E-state index is 0.0148. The summed E-state index contributed by atoms with van der Waals surface area (Å²) in [4.78, 5) is 12.0. The van der Waals surface area contributed by atoms with Crippen molar-refractivity contribution in [2.75, 3.05) is 12.0 Å². The highest BCUT2D eigenvalue weighted by molar-refractivity contribution is 7.90. The van der Waals surface area contributed by atoms with Crippen molar-refractivity contribution >= 4 is 21.5 Å². The average molecular weight is 299 g/mol. The third-order valence-corrected chi connectivity index (χ3v) is 3.80. The largest absolute Gasteiger partial charge is 0.459 e. The van der Waals surface area contributed by atoms with Gasteiger partial charge >= 0.3 is 5.97 Å². The highest BCUT2D eigenvalue weighted by Gasteiger charge is 2.17. The van der Waals surface area contributed by atoms with Crippen LogP contribution in [-0.4, -0.2) is 26.7 Å². The van der Waals surface area contributed by atoms with Crippen LogP contribution in [0.1, 0.15) is 37.6 Å². The fraction of sp³-hybridized carbons (Fsp3) is 0.500. The molecular weight excluding hydrogens is 278 g/mol. The van der Waals surface area contributed by atoms with Gasteiger partial charge in [-0.3, -0.25) is 0 Å². The quantitative estimate of drug-likeness (QED) is 0.665. The summed E-state index contributed by atoms with van der Waals surface area (Å²) in [7, 11) is -3.42. The van der Waals surface area contributed by atoms with Crippen molar-refractivity contribution in [3.05, 3.63) is 23.8 Å². The van der Waals surface area contributed by atoms with Gasteiger partial charge in [0.2, 0.25) is 0 Å². The van der Waals surface area contributed by atoms with Crippen molar-refractivity contribution in [2.45, 2.75) is 38.2 Å². The molecule has 0 aromatic heterocycles. The van der Waals surface area contributed by atoms with Crippen LogP contribution >= 0.6 is 0 Å². The van der Waals surface area contributed by atoms with Crippen molar-refractivity contribution in [1.29, 1.82) is 0 Å². The summed E-state index contributed by atoms with van der Waals surface area (Å²) in [6, 6.07) is 4.03. The molecule has 0 aliphatic heterocycles. The molecule has 0 saturated heterocycles. The van der Waals surface area contributed by atoms with Crippen LogP contribution in [0, 0.1) is 5.92 Å². The van der Waals surface area contributed by atoms with Crippen molar-refractivity contribution in [3.8, 4) is 0 Å². The summed E-state index contributed by atoms with van der Waals surface area (Å²) in [6.45, 7) is 5.88. The van der Waals surface area contributed by atoms with Gasteiger partial charge in [0, 0.05) is 11.9 Å². The fourth-order valence-electron chi connectivity index (χ4n) is 1.92. The second-order valence-electron chi connectivity index (χ2n) is 5.41. The molecule has 5 nitrogen and oxygen atoms in total. The Morgan fingerprint density at radius 2 is 1.85 bits per heavy atom. The van der Waals surface area contributed by atoms with Crippen LogP contribution in [0.2, 0.25) is 0 Å². The smallest absolute Gasteiger partial charge is 0.338 e. The number of hydrogen-bond acceptors (Lipinski definition) is 5. The number of benzene rings is 1. The molecule has 0 saturated carbocycles. The zero-order valence-electron chi connectivity index (χ0n) is 12.2. The van der Waals surface area contributed by atoms with Crippen molar-refractivity contribution in [2.24, 2.45) is 5.92 Å². The van der Waals surface area contributed by atoms with E-state index in [1.807, 2.05) is 20.8 Å². The van der Waals surface area contributed by atoms with Gasteiger partial charge in [-0.25, -0.2) is 13.2 Å². The maximum atomic E-state index is 12.0.